The molecular formula is C11H23N3O. The van der Waals surface area contributed by atoms with Crippen molar-refractivity contribution in [3.63, 3.8) is 0 Å². The Morgan fingerprint density at radius 3 is 2.47 bits per heavy atom. The predicted octanol–water partition coefficient (Wildman–Crippen LogP) is 0.990. The average Bonchev–Trinajstić information content (AvgIpc) is 2.26. The molecule has 4 heteroatoms. The van der Waals surface area contributed by atoms with Gasteiger partial charge in [-0.05, 0) is 38.4 Å². The first-order chi connectivity index (χ1) is 7.13. The number of carbonyl (C=O) groups excluding carboxylic acids is 1. The predicted molar refractivity (Wildman–Crippen MR) is 61.9 cm³/mol. The van der Waals surface area contributed by atoms with Gasteiger partial charge in [0.05, 0.1) is 0 Å². The molecule has 1 heterocycles. The molecule has 88 valence electrons. The third-order valence-corrected chi connectivity index (χ3v) is 3.10. The number of likely N-dealkylation sites (tertiary alicyclic amines) is 1. The van der Waals surface area contributed by atoms with Crippen LogP contribution >= 0.6 is 0 Å². The van der Waals surface area contributed by atoms with Crippen LogP contribution in [0.2, 0.25) is 0 Å². The zero-order chi connectivity index (χ0) is 11.3. The smallest absolute Gasteiger partial charge is 0.316 e. The maximum Gasteiger partial charge on any atom is 0.316 e. The molecule has 0 spiro atoms. The molecule has 4 nitrogen and oxygen atoms in total. The Bertz CT molecular complexity index is 198. The maximum atomic E-state index is 11.3. The maximum absolute atomic E-state index is 11.3. The zero-order valence-corrected chi connectivity index (χ0v) is 10.1. The van der Waals surface area contributed by atoms with Crippen molar-refractivity contribution in [3.05, 3.63) is 0 Å². The first-order valence-electron chi connectivity index (χ1n) is 5.81. The molecule has 2 amide bonds. The van der Waals surface area contributed by atoms with Crippen LogP contribution < -0.4 is 5.32 Å². The number of carbonyl (C=O) groups is 1. The van der Waals surface area contributed by atoms with E-state index in [4.69, 9.17) is 0 Å². The minimum atomic E-state index is 0.0212. The van der Waals surface area contributed by atoms with Gasteiger partial charge in [0, 0.05) is 20.6 Å². The van der Waals surface area contributed by atoms with E-state index in [2.05, 4.69) is 17.1 Å². The van der Waals surface area contributed by atoms with E-state index in [9.17, 15) is 4.79 Å². The number of nitrogens with zero attached hydrogens (tertiary/aromatic N) is 2. The minimum absolute atomic E-state index is 0.0212. The number of nitrogens with one attached hydrogen (secondary N) is 1. The second-order valence-corrected chi connectivity index (χ2v) is 4.46. The molecule has 1 N–H and O–H groups in total. The van der Waals surface area contributed by atoms with E-state index in [1.165, 1.54) is 25.9 Å². The third-order valence-electron chi connectivity index (χ3n) is 3.10. The fourth-order valence-electron chi connectivity index (χ4n) is 1.90. The van der Waals surface area contributed by atoms with E-state index in [0.29, 0.717) is 5.92 Å². The van der Waals surface area contributed by atoms with Crippen molar-refractivity contribution in [2.45, 2.75) is 19.8 Å². The molecule has 0 atom stereocenters. The first kappa shape index (κ1) is 12.3. The molecule has 1 rings (SSSR count). The Morgan fingerprint density at radius 1 is 1.40 bits per heavy atom. The van der Waals surface area contributed by atoms with Crippen LogP contribution in [0.5, 0.6) is 0 Å². The molecule has 0 radical (unpaired) electrons. The number of urea groups is 1. The van der Waals surface area contributed by atoms with Gasteiger partial charge >= 0.3 is 6.03 Å². The van der Waals surface area contributed by atoms with Gasteiger partial charge in [0.25, 0.3) is 0 Å². The van der Waals surface area contributed by atoms with Gasteiger partial charge in [-0.25, -0.2) is 4.79 Å². The Kier molecular flexibility index (Phi) is 4.88. The summed E-state index contributed by atoms with van der Waals surface area (Å²) in [6.45, 7) is 6.54. The number of rotatable bonds is 3. The summed E-state index contributed by atoms with van der Waals surface area (Å²) < 4.78 is 0. The molecule has 0 saturated carbocycles. The Hall–Kier alpha value is -0.770. The van der Waals surface area contributed by atoms with Crippen LogP contribution in [0.25, 0.3) is 0 Å². The molecule has 1 fully saturated rings. The molecule has 1 aliphatic heterocycles. The zero-order valence-electron chi connectivity index (χ0n) is 10.1. The van der Waals surface area contributed by atoms with Crippen molar-refractivity contribution in [3.8, 4) is 0 Å². The van der Waals surface area contributed by atoms with Gasteiger partial charge in [-0.3, -0.25) is 0 Å². The van der Waals surface area contributed by atoms with Crippen LogP contribution in [-0.2, 0) is 0 Å². The van der Waals surface area contributed by atoms with Gasteiger partial charge < -0.3 is 15.1 Å². The molecule has 0 aromatic rings. The van der Waals surface area contributed by atoms with Gasteiger partial charge in [-0.15, -0.1) is 0 Å². The number of hydrogen-bond donors (Lipinski definition) is 1. The van der Waals surface area contributed by atoms with Crippen LogP contribution in [0.4, 0.5) is 4.79 Å². The standard InChI is InChI=1S/C11H23N3O/c1-4-14-7-5-10(6-8-14)9-12-11(15)13(2)3/h10H,4-9H2,1-3H3,(H,12,15). The van der Waals surface area contributed by atoms with Crippen LogP contribution in [0.1, 0.15) is 19.8 Å². The molecular weight excluding hydrogens is 190 g/mol. The Labute approximate surface area is 92.6 Å². The van der Waals surface area contributed by atoms with Gasteiger partial charge in [0.1, 0.15) is 0 Å². The quantitative estimate of drug-likeness (QED) is 0.759. The van der Waals surface area contributed by atoms with Crippen molar-refractivity contribution in [1.82, 2.24) is 15.1 Å². The second-order valence-electron chi connectivity index (χ2n) is 4.46. The first-order valence-corrected chi connectivity index (χ1v) is 5.81. The number of amides is 2. The van der Waals surface area contributed by atoms with Crippen molar-refractivity contribution in [1.29, 1.82) is 0 Å². The molecule has 0 bridgehead atoms. The summed E-state index contributed by atoms with van der Waals surface area (Å²) in [5.41, 5.74) is 0. The molecule has 0 unspecified atom stereocenters. The largest absolute Gasteiger partial charge is 0.338 e. The lowest BCUT2D eigenvalue weighted by Crippen LogP contribution is -2.41. The highest BCUT2D eigenvalue weighted by molar-refractivity contribution is 5.73. The van der Waals surface area contributed by atoms with Crippen LogP contribution in [0.15, 0.2) is 0 Å². The van der Waals surface area contributed by atoms with E-state index in [1.807, 2.05) is 0 Å². The molecule has 1 aliphatic rings. The fraction of sp³-hybridized carbons (Fsp3) is 0.909. The fourth-order valence-corrected chi connectivity index (χ4v) is 1.90. The van der Waals surface area contributed by atoms with Crippen molar-refractivity contribution >= 4 is 6.03 Å². The summed E-state index contributed by atoms with van der Waals surface area (Å²) in [5, 5.41) is 2.95. The highest BCUT2D eigenvalue weighted by atomic mass is 16.2. The molecule has 1 saturated heterocycles. The summed E-state index contributed by atoms with van der Waals surface area (Å²) in [6.07, 6.45) is 2.42. The van der Waals surface area contributed by atoms with Gasteiger partial charge in [-0.1, -0.05) is 6.92 Å². The van der Waals surface area contributed by atoms with Gasteiger partial charge in [0.2, 0.25) is 0 Å². The minimum Gasteiger partial charge on any atom is -0.338 e. The normalized spacial score (nSPS) is 18.9. The number of piperidine rings is 1. The van der Waals surface area contributed by atoms with E-state index in [1.54, 1.807) is 19.0 Å². The van der Waals surface area contributed by atoms with Crippen molar-refractivity contribution in [2.75, 3.05) is 40.3 Å². The van der Waals surface area contributed by atoms with E-state index in [-0.39, 0.29) is 6.03 Å². The molecule has 0 aromatic carbocycles. The summed E-state index contributed by atoms with van der Waals surface area (Å²) in [5.74, 6) is 0.664. The Balaban J connectivity index is 2.16. The van der Waals surface area contributed by atoms with Crippen LogP contribution in [0.3, 0.4) is 0 Å². The lowest BCUT2D eigenvalue weighted by molar-refractivity contribution is 0.184. The average molecular weight is 213 g/mol. The van der Waals surface area contributed by atoms with Crippen LogP contribution in [-0.4, -0.2) is 56.1 Å². The summed E-state index contributed by atoms with van der Waals surface area (Å²) in [4.78, 5) is 15.4. The number of hydrogen-bond acceptors (Lipinski definition) is 2. The summed E-state index contributed by atoms with van der Waals surface area (Å²) in [6, 6.07) is 0.0212. The van der Waals surface area contributed by atoms with Gasteiger partial charge in [0.15, 0.2) is 0 Å². The molecule has 15 heavy (non-hydrogen) atoms. The monoisotopic (exact) mass is 213 g/mol. The topological polar surface area (TPSA) is 35.6 Å². The summed E-state index contributed by atoms with van der Waals surface area (Å²) >= 11 is 0. The highest BCUT2D eigenvalue weighted by Crippen LogP contribution is 2.15. The van der Waals surface area contributed by atoms with Crippen molar-refractivity contribution < 1.29 is 4.79 Å². The van der Waals surface area contributed by atoms with E-state index in [0.717, 1.165) is 13.1 Å². The van der Waals surface area contributed by atoms with Gasteiger partial charge in [-0.2, -0.15) is 0 Å². The second kappa shape index (κ2) is 5.95. The molecule has 0 aliphatic carbocycles. The van der Waals surface area contributed by atoms with Crippen molar-refractivity contribution in [2.24, 2.45) is 5.92 Å². The van der Waals surface area contributed by atoms with Crippen LogP contribution in [0, 0.1) is 5.92 Å². The lowest BCUT2D eigenvalue weighted by Gasteiger charge is -2.31. The highest BCUT2D eigenvalue weighted by Gasteiger charge is 2.18. The van der Waals surface area contributed by atoms with E-state index < -0.39 is 0 Å². The molecule has 0 aromatic heterocycles. The summed E-state index contributed by atoms with van der Waals surface area (Å²) in [7, 11) is 3.55. The lowest BCUT2D eigenvalue weighted by atomic mass is 9.97. The third kappa shape index (κ3) is 4.08. The Morgan fingerprint density at radius 2 is 2.00 bits per heavy atom. The van der Waals surface area contributed by atoms with E-state index >= 15 is 0 Å². The SMILES string of the molecule is CCN1CCC(CNC(=O)N(C)C)CC1.